The van der Waals surface area contributed by atoms with Crippen LogP contribution in [-0.4, -0.2) is 51.2 Å². The summed E-state index contributed by atoms with van der Waals surface area (Å²) in [7, 11) is 0. The molecule has 194 valence electrons. The normalized spacial score (nSPS) is 20.3. The van der Waals surface area contributed by atoms with E-state index in [0.717, 1.165) is 44.8 Å². The largest absolute Gasteiger partial charge is 0.573 e. The number of aromatic nitrogens is 2. The fraction of sp³-hybridized carbons (Fsp3) is 0.522. The van der Waals surface area contributed by atoms with Gasteiger partial charge in [0.1, 0.15) is 11.9 Å². The highest BCUT2D eigenvalue weighted by atomic mass is 19.4. The van der Waals surface area contributed by atoms with Gasteiger partial charge in [0.05, 0.1) is 4.92 Å². The fourth-order valence-corrected chi connectivity index (χ4v) is 4.73. The highest BCUT2D eigenvalue weighted by Crippen LogP contribution is 2.31. The zero-order chi connectivity index (χ0) is 25.7. The summed E-state index contributed by atoms with van der Waals surface area (Å²) >= 11 is 0. The summed E-state index contributed by atoms with van der Waals surface area (Å²) in [5.74, 6) is 0.205. The second-order valence-electron chi connectivity index (χ2n) is 8.94. The summed E-state index contributed by atoms with van der Waals surface area (Å²) in [5, 5.41) is 17.3. The van der Waals surface area contributed by atoms with Crippen molar-refractivity contribution < 1.29 is 27.6 Å². The summed E-state index contributed by atoms with van der Waals surface area (Å²) in [4.78, 5) is 33.0. The molecule has 10 nitrogen and oxygen atoms in total. The smallest absolute Gasteiger partial charge is 0.405 e. The van der Waals surface area contributed by atoms with E-state index in [2.05, 4.69) is 25.3 Å². The van der Waals surface area contributed by atoms with Crippen LogP contribution in [0.4, 0.5) is 30.6 Å². The van der Waals surface area contributed by atoms with Gasteiger partial charge in [0.25, 0.3) is 0 Å². The third-order valence-corrected chi connectivity index (χ3v) is 6.53. The van der Waals surface area contributed by atoms with Crippen LogP contribution in [0.25, 0.3) is 0 Å². The molecule has 1 amide bonds. The molecule has 1 aromatic heterocycles. The molecule has 1 saturated carbocycles. The van der Waals surface area contributed by atoms with Crippen molar-refractivity contribution in [2.75, 3.05) is 23.7 Å². The van der Waals surface area contributed by atoms with Crippen molar-refractivity contribution >= 4 is 23.4 Å². The lowest BCUT2D eigenvalue weighted by Crippen LogP contribution is -2.39. The molecule has 2 aliphatic rings. The summed E-state index contributed by atoms with van der Waals surface area (Å²) in [6.07, 6.45) is 1.34. The summed E-state index contributed by atoms with van der Waals surface area (Å²) < 4.78 is 42.0. The molecule has 2 aromatic rings. The fourth-order valence-electron chi connectivity index (χ4n) is 4.73. The van der Waals surface area contributed by atoms with E-state index in [-0.39, 0.29) is 53.2 Å². The number of anilines is 2. The lowest BCUT2D eigenvalue weighted by atomic mass is 9.85. The van der Waals surface area contributed by atoms with Gasteiger partial charge in [-0.05, 0) is 44.1 Å². The molecule has 1 aliphatic carbocycles. The second-order valence-corrected chi connectivity index (χ2v) is 8.94. The number of halogens is 3. The average molecular weight is 509 g/mol. The molecule has 0 atom stereocenters. The Morgan fingerprint density at radius 1 is 1.17 bits per heavy atom. The molecule has 0 radical (unpaired) electrons. The number of amides is 1. The van der Waals surface area contributed by atoms with Gasteiger partial charge < -0.3 is 20.3 Å². The lowest BCUT2D eigenvalue weighted by Gasteiger charge is -2.34. The Bertz CT molecular complexity index is 1090. The number of carbonyl (C=O) groups excluding carboxylic acids is 1. The summed E-state index contributed by atoms with van der Waals surface area (Å²) in [6.45, 7) is 1.21. The molecule has 1 saturated heterocycles. The number of ether oxygens (including phenoxy) is 1. The molecule has 2 fully saturated rings. The molecule has 4 rings (SSSR count). The predicted octanol–water partition coefficient (Wildman–Crippen LogP) is 4.49. The van der Waals surface area contributed by atoms with E-state index >= 15 is 0 Å². The van der Waals surface area contributed by atoms with Gasteiger partial charge in [-0.15, -0.1) is 13.2 Å². The molecular formula is C23H27F3N6O4. The van der Waals surface area contributed by atoms with E-state index in [1.807, 2.05) is 4.90 Å². The van der Waals surface area contributed by atoms with Crippen LogP contribution in [0.15, 0.2) is 30.5 Å². The van der Waals surface area contributed by atoms with E-state index in [0.29, 0.717) is 13.0 Å². The van der Waals surface area contributed by atoms with E-state index in [1.165, 1.54) is 18.2 Å². The Balaban J connectivity index is 1.36. The molecule has 0 spiro atoms. The van der Waals surface area contributed by atoms with Gasteiger partial charge in [0.2, 0.25) is 17.7 Å². The minimum atomic E-state index is -4.83. The van der Waals surface area contributed by atoms with Gasteiger partial charge in [0, 0.05) is 37.7 Å². The monoisotopic (exact) mass is 508 g/mol. The van der Waals surface area contributed by atoms with E-state index < -0.39 is 11.3 Å². The van der Waals surface area contributed by atoms with E-state index in [4.69, 9.17) is 0 Å². The molecule has 0 bridgehead atoms. The Morgan fingerprint density at radius 2 is 1.92 bits per heavy atom. The zero-order valence-electron chi connectivity index (χ0n) is 19.5. The quantitative estimate of drug-likeness (QED) is 0.375. The van der Waals surface area contributed by atoms with Crippen LogP contribution in [-0.2, 0) is 11.3 Å². The maximum atomic E-state index is 12.7. The van der Waals surface area contributed by atoms with Crippen molar-refractivity contribution in [1.29, 1.82) is 0 Å². The Morgan fingerprint density at radius 3 is 2.58 bits per heavy atom. The maximum absolute atomic E-state index is 12.7. The SMILES string of the molecule is O=C1CCCN1C1CCC(CNc2nc(NCc3ccccc3OC(F)(F)F)ncc2[N+](=O)[O-])CC1. The number of likely N-dealkylation sites (tertiary alicyclic amines) is 1. The third-order valence-electron chi connectivity index (χ3n) is 6.53. The zero-order valence-corrected chi connectivity index (χ0v) is 19.5. The molecule has 0 unspecified atom stereocenters. The van der Waals surface area contributed by atoms with Gasteiger partial charge >= 0.3 is 12.0 Å². The van der Waals surface area contributed by atoms with Gasteiger partial charge in [-0.1, -0.05) is 18.2 Å². The van der Waals surface area contributed by atoms with Crippen molar-refractivity contribution in [3.05, 3.63) is 46.1 Å². The van der Waals surface area contributed by atoms with Gasteiger partial charge in [-0.3, -0.25) is 14.9 Å². The topological polar surface area (TPSA) is 123 Å². The Labute approximate surface area is 205 Å². The predicted molar refractivity (Wildman–Crippen MR) is 124 cm³/mol. The number of hydrogen-bond donors (Lipinski definition) is 2. The van der Waals surface area contributed by atoms with Gasteiger partial charge in [0.15, 0.2) is 0 Å². The molecule has 1 aromatic carbocycles. The van der Waals surface area contributed by atoms with Crippen LogP contribution < -0.4 is 15.4 Å². The number of nitrogens with zero attached hydrogens (tertiary/aromatic N) is 4. The van der Waals surface area contributed by atoms with Crippen LogP contribution in [0.5, 0.6) is 5.75 Å². The number of alkyl halides is 3. The average Bonchev–Trinajstić information content (AvgIpc) is 3.27. The van der Waals surface area contributed by atoms with Gasteiger partial charge in [-0.2, -0.15) is 4.98 Å². The molecule has 13 heteroatoms. The number of nitro groups is 1. The number of carbonyl (C=O) groups is 1. The molecular weight excluding hydrogens is 481 g/mol. The lowest BCUT2D eigenvalue weighted by molar-refractivity contribution is -0.384. The van der Waals surface area contributed by atoms with Crippen molar-refractivity contribution in [3.63, 3.8) is 0 Å². The van der Waals surface area contributed by atoms with Crippen LogP contribution >= 0.6 is 0 Å². The molecule has 1 aliphatic heterocycles. The van der Waals surface area contributed by atoms with Crippen LogP contribution in [0.2, 0.25) is 0 Å². The van der Waals surface area contributed by atoms with Crippen LogP contribution in [0.1, 0.15) is 44.1 Å². The first-order valence-corrected chi connectivity index (χ1v) is 11.8. The number of benzene rings is 1. The Hall–Kier alpha value is -3.64. The first-order chi connectivity index (χ1) is 17.2. The standard InChI is InChI=1S/C23H27F3N6O4/c24-23(25,26)36-19-5-2-1-4-16(19)13-28-22-29-14-18(32(34)35)21(30-22)27-12-15-7-9-17(10-8-15)31-11-3-6-20(31)33/h1-2,4-5,14-15,17H,3,6-13H2,(H2,27,28,29,30). The molecule has 2 N–H and O–H groups in total. The van der Waals surface area contributed by atoms with Crippen molar-refractivity contribution in [2.45, 2.75) is 57.5 Å². The second kappa shape index (κ2) is 11.0. The minimum Gasteiger partial charge on any atom is -0.405 e. The van der Waals surface area contributed by atoms with Crippen molar-refractivity contribution in [1.82, 2.24) is 14.9 Å². The van der Waals surface area contributed by atoms with Crippen LogP contribution in [0, 0.1) is 16.0 Å². The van der Waals surface area contributed by atoms with Crippen molar-refractivity contribution in [2.24, 2.45) is 5.92 Å². The third kappa shape index (κ3) is 6.52. The van der Waals surface area contributed by atoms with Crippen molar-refractivity contribution in [3.8, 4) is 5.75 Å². The summed E-state index contributed by atoms with van der Waals surface area (Å²) in [6, 6.07) is 5.92. The maximum Gasteiger partial charge on any atom is 0.573 e. The first-order valence-electron chi connectivity index (χ1n) is 11.8. The molecule has 36 heavy (non-hydrogen) atoms. The first kappa shape index (κ1) is 25.5. The molecule has 2 heterocycles. The number of para-hydroxylation sites is 1. The van der Waals surface area contributed by atoms with E-state index in [9.17, 15) is 28.1 Å². The number of rotatable bonds is 9. The van der Waals surface area contributed by atoms with E-state index in [1.54, 1.807) is 6.07 Å². The van der Waals surface area contributed by atoms with Crippen LogP contribution in [0.3, 0.4) is 0 Å². The Kier molecular flexibility index (Phi) is 7.75. The highest BCUT2D eigenvalue weighted by Gasteiger charge is 2.33. The highest BCUT2D eigenvalue weighted by molar-refractivity contribution is 5.78. The number of nitrogens with one attached hydrogen (secondary N) is 2. The summed E-state index contributed by atoms with van der Waals surface area (Å²) in [5.41, 5.74) is -0.0720. The number of hydrogen-bond acceptors (Lipinski definition) is 8. The minimum absolute atomic E-state index is 0.0289. The van der Waals surface area contributed by atoms with Gasteiger partial charge in [-0.25, -0.2) is 4.98 Å².